The fraction of sp³-hybridized carbons (Fsp3) is 0.292. The molecule has 12 heteroatoms. The number of anilines is 2. The fourth-order valence-electron chi connectivity index (χ4n) is 4.02. The Bertz CT molecular complexity index is 1320. The summed E-state index contributed by atoms with van der Waals surface area (Å²) in [7, 11) is 2.98. The Hall–Kier alpha value is -3.73. The molecule has 36 heavy (non-hydrogen) atoms. The number of methoxy groups -OCH3 is 2. The molecule has 0 radical (unpaired) electrons. The van der Waals surface area contributed by atoms with E-state index < -0.39 is 17.8 Å². The van der Waals surface area contributed by atoms with E-state index in [0.29, 0.717) is 39.7 Å². The Labute approximate surface area is 210 Å². The van der Waals surface area contributed by atoms with E-state index in [4.69, 9.17) is 26.8 Å². The van der Waals surface area contributed by atoms with Crippen molar-refractivity contribution in [2.24, 2.45) is 0 Å². The van der Waals surface area contributed by atoms with Gasteiger partial charge in [0, 0.05) is 16.8 Å². The minimum atomic E-state index is -4.53. The van der Waals surface area contributed by atoms with Gasteiger partial charge in [-0.05, 0) is 60.5 Å². The predicted molar refractivity (Wildman–Crippen MR) is 128 cm³/mol. The van der Waals surface area contributed by atoms with Crippen LogP contribution in [-0.4, -0.2) is 35.0 Å². The Balaban J connectivity index is 1.59. The molecule has 0 spiro atoms. The number of carbonyl (C=O) groups is 1. The van der Waals surface area contributed by atoms with Gasteiger partial charge in [0.25, 0.3) is 5.91 Å². The van der Waals surface area contributed by atoms with Crippen LogP contribution in [0.25, 0.3) is 0 Å². The molecule has 1 atom stereocenters. The second kappa shape index (κ2) is 9.73. The molecule has 3 N–H and O–H groups in total. The van der Waals surface area contributed by atoms with E-state index in [1.807, 2.05) is 0 Å². The van der Waals surface area contributed by atoms with E-state index in [1.165, 1.54) is 20.3 Å². The summed E-state index contributed by atoms with van der Waals surface area (Å²) >= 11 is 6.12. The molecule has 8 nitrogen and oxygen atoms in total. The van der Waals surface area contributed by atoms with Crippen molar-refractivity contribution in [3.8, 4) is 11.5 Å². The molecule has 1 aromatic heterocycles. The third kappa shape index (κ3) is 5.11. The second-order valence-electron chi connectivity index (χ2n) is 8.25. The van der Waals surface area contributed by atoms with Crippen molar-refractivity contribution < 1.29 is 27.4 Å². The lowest BCUT2D eigenvalue weighted by Gasteiger charge is -2.19. The lowest BCUT2D eigenvalue weighted by Crippen LogP contribution is -2.25. The van der Waals surface area contributed by atoms with Gasteiger partial charge in [-0.25, -0.2) is 9.97 Å². The third-order valence-electron chi connectivity index (χ3n) is 5.83. The van der Waals surface area contributed by atoms with E-state index >= 15 is 0 Å². The van der Waals surface area contributed by atoms with Crippen molar-refractivity contribution in [1.82, 2.24) is 14.9 Å². The molecule has 2 aromatic carbocycles. The molecule has 1 amide bonds. The Morgan fingerprint density at radius 2 is 1.83 bits per heavy atom. The normalized spacial score (nSPS) is 13.8. The topological polar surface area (TPSA) is 103 Å². The van der Waals surface area contributed by atoms with Crippen molar-refractivity contribution in [1.29, 1.82) is 0 Å². The van der Waals surface area contributed by atoms with Crippen LogP contribution in [0.2, 0.25) is 5.28 Å². The maximum atomic E-state index is 13.3. The van der Waals surface area contributed by atoms with Crippen molar-refractivity contribution in [3.63, 3.8) is 0 Å². The molecule has 1 aliphatic heterocycles. The first-order valence-electron chi connectivity index (χ1n) is 10.8. The number of alkyl halides is 3. The fourth-order valence-corrected chi connectivity index (χ4v) is 4.20. The van der Waals surface area contributed by atoms with Gasteiger partial charge in [0.1, 0.15) is 5.82 Å². The minimum absolute atomic E-state index is 0.00823. The third-order valence-corrected chi connectivity index (χ3v) is 6.00. The van der Waals surface area contributed by atoms with Crippen molar-refractivity contribution >= 4 is 29.0 Å². The zero-order valence-electron chi connectivity index (χ0n) is 19.6. The second-order valence-corrected chi connectivity index (χ2v) is 8.59. The summed E-state index contributed by atoms with van der Waals surface area (Å²) in [5, 5.41) is 3.06. The highest BCUT2D eigenvalue weighted by Crippen LogP contribution is 2.35. The maximum absolute atomic E-state index is 13.3. The van der Waals surface area contributed by atoms with Crippen molar-refractivity contribution in [2.45, 2.75) is 32.2 Å². The molecular formula is C24H23ClF3N5O3. The maximum Gasteiger partial charge on any atom is 0.416 e. The van der Waals surface area contributed by atoms with E-state index in [2.05, 4.69) is 15.3 Å². The van der Waals surface area contributed by atoms with Crippen LogP contribution in [0.4, 0.5) is 24.7 Å². The molecule has 4 rings (SSSR count). The first-order valence-corrected chi connectivity index (χ1v) is 11.2. The number of amides is 1. The van der Waals surface area contributed by atoms with Gasteiger partial charge in [0.05, 0.1) is 44.6 Å². The summed E-state index contributed by atoms with van der Waals surface area (Å²) in [6.45, 7) is 2.04. The molecule has 0 aliphatic carbocycles. The number of aromatic nitrogens is 2. The molecule has 0 bridgehead atoms. The molecule has 0 fully saturated rings. The lowest BCUT2D eigenvalue weighted by atomic mass is 10.0. The van der Waals surface area contributed by atoms with Crippen LogP contribution in [0.1, 0.15) is 45.7 Å². The number of nitrogens with one attached hydrogen (secondary N) is 1. The summed E-state index contributed by atoms with van der Waals surface area (Å²) in [5.74, 6) is 0.970. The van der Waals surface area contributed by atoms with Gasteiger partial charge in [0.2, 0.25) is 5.28 Å². The van der Waals surface area contributed by atoms with Crippen LogP contribution in [0, 0.1) is 0 Å². The Kier molecular flexibility index (Phi) is 6.85. The zero-order chi connectivity index (χ0) is 26.2. The molecule has 0 unspecified atom stereocenters. The van der Waals surface area contributed by atoms with E-state index in [-0.39, 0.29) is 30.0 Å². The highest BCUT2D eigenvalue weighted by Gasteiger charge is 2.32. The Morgan fingerprint density at radius 3 is 2.50 bits per heavy atom. The van der Waals surface area contributed by atoms with Gasteiger partial charge in [-0.1, -0.05) is 0 Å². The van der Waals surface area contributed by atoms with Crippen LogP contribution in [0.3, 0.4) is 0 Å². The number of hydrogen-bond acceptors (Lipinski definition) is 7. The van der Waals surface area contributed by atoms with Gasteiger partial charge >= 0.3 is 6.18 Å². The van der Waals surface area contributed by atoms with Gasteiger partial charge in [-0.15, -0.1) is 0 Å². The van der Waals surface area contributed by atoms with Gasteiger partial charge in [-0.2, -0.15) is 13.2 Å². The molecule has 0 saturated heterocycles. The molecule has 190 valence electrons. The number of rotatable bonds is 6. The van der Waals surface area contributed by atoms with E-state index in [1.54, 1.807) is 30.0 Å². The summed E-state index contributed by atoms with van der Waals surface area (Å²) in [4.78, 5) is 23.2. The van der Waals surface area contributed by atoms with Crippen molar-refractivity contribution in [3.05, 3.63) is 69.6 Å². The number of benzene rings is 2. The van der Waals surface area contributed by atoms with Gasteiger partial charge < -0.3 is 25.4 Å². The highest BCUT2D eigenvalue weighted by atomic mass is 35.5. The number of carbonyl (C=O) groups excluding carboxylic acids is 1. The molecule has 3 aromatic rings. The van der Waals surface area contributed by atoms with Gasteiger partial charge in [0.15, 0.2) is 11.5 Å². The largest absolute Gasteiger partial charge is 0.493 e. The van der Waals surface area contributed by atoms with E-state index in [0.717, 1.165) is 12.1 Å². The van der Waals surface area contributed by atoms with Gasteiger partial charge in [-0.3, -0.25) is 4.79 Å². The number of nitrogens with two attached hydrogens (primary N) is 1. The highest BCUT2D eigenvalue weighted by molar-refractivity contribution is 6.28. The quantitative estimate of drug-likeness (QED) is 0.344. The average molecular weight is 522 g/mol. The summed E-state index contributed by atoms with van der Waals surface area (Å²) < 4.78 is 50.3. The molecule has 1 aliphatic rings. The smallest absolute Gasteiger partial charge is 0.416 e. The number of halogens is 4. The van der Waals surface area contributed by atoms with Crippen molar-refractivity contribution in [2.75, 3.05) is 25.3 Å². The number of hydrogen-bond donors (Lipinski definition) is 2. The molecule has 0 saturated carbocycles. The minimum Gasteiger partial charge on any atom is -0.493 e. The molecular weight excluding hydrogens is 499 g/mol. The zero-order valence-corrected chi connectivity index (χ0v) is 20.4. The van der Waals surface area contributed by atoms with Crippen LogP contribution in [0.15, 0.2) is 36.4 Å². The standard InChI is InChI=1S/C24H23ClF3N5O3/c1-12(14-6-15(24(26,27)28)9-16(29)7-14)30-21-17-10-33(11-18(17)31-23(25)32-21)22(34)13-4-5-19(35-2)20(8-13)36-3/h4-9,12H,10-11,29H2,1-3H3,(H,30,31,32)/t12-/m1/s1. The lowest BCUT2D eigenvalue weighted by molar-refractivity contribution is -0.137. The van der Waals surface area contributed by atoms with E-state index in [9.17, 15) is 18.0 Å². The number of fused-ring (bicyclic) bond motifs is 1. The first kappa shape index (κ1) is 25.4. The summed E-state index contributed by atoms with van der Waals surface area (Å²) in [5.41, 5.74) is 6.74. The monoisotopic (exact) mass is 521 g/mol. The summed E-state index contributed by atoms with van der Waals surface area (Å²) in [6, 6.07) is 7.63. The van der Waals surface area contributed by atoms with Crippen LogP contribution in [-0.2, 0) is 19.3 Å². The molecule has 2 heterocycles. The SMILES string of the molecule is COc1ccc(C(=O)N2Cc3nc(Cl)nc(N[C@H](C)c4cc(N)cc(C(F)(F)F)c4)c3C2)cc1OC. The number of ether oxygens (including phenoxy) is 2. The number of nitrogen functional groups attached to an aromatic ring is 1. The van der Waals surface area contributed by atoms with Crippen LogP contribution >= 0.6 is 11.6 Å². The Morgan fingerprint density at radius 1 is 1.11 bits per heavy atom. The first-order chi connectivity index (χ1) is 17.0. The predicted octanol–water partition coefficient (Wildman–Crippen LogP) is 5.08. The number of nitrogens with zero attached hydrogens (tertiary/aromatic N) is 3. The van der Waals surface area contributed by atoms with Crippen LogP contribution in [0.5, 0.6) is 11.5 Å². The van der Waals surface area contributed by atoms with Crippen LogP contribution < -0.4 is 20.5 Å². The average Bonchev–Trinajstić information content (AvgIpc) is 3.26. The summed E-state index contributed by atoms with van der Waals surface area (Å²) in [6.07, 6.45) is -4.53.